The van der Waals surface area contributed by atoms with Gasteiger partial charge in [-0.3, -0.25) is 13.9 Å². The predicted molar refractivity (Wildman–Crippen MR) is 162 cm³/mol. The van der Waals surface area contributed by atoms with E-state index in [1.807, 2.05) is 0 Å². The van der Waals surface area contributed by atoms with Gasteiger partial charge in [-0.2, -0.15) is 0 Å². The number of fused-ring (bicyclic) bond motifs is 1. The van der Waals surface area contributed by atoms with E-state index in [9.17, 15) is 13.8 Å². The Hall–Kier alpha value is -4.16. The third kappa shape index (κ3) is 6.60. The summed E-state index contributed by atoms with van der Waals surface area (Å²) in [5.74, 6) is -0.372. The molecule has 0 amide bonds. The number of nitrogens with zero attached hydrogens (tertiary/aromatic N) is 4. The molecule has 0 aliphatic carbocycles. The van der Waals surface area contributed by atoms with Gasteiger partial charge in [-0.05, 0) is 67.9 Å². The number of ether oxygens (including phenoxy) is 2. The van der Waals surface area contributed by atoms with Crippen LogP contribution in [0.1, 0.15) is 31.0 Å². The van der Waals surface area contributed by atoms with E-state index in [1.165, 1.54) is 47.3 Å². The zero-order chi connectivity index (χ0) is 30.4. The number of benzene rings is 3. The molecule has 0 fully saturated rings. The number of hydrogen-bond acceptors (Lipinski definition) is 11. The van der Waals surface area contributed by atoms with Crippen molar-refractivity contribution in [3.63, 3.8) is 0 Å². The van der Waals surface area contributed by atoms with Gasteiger partial charge in [0, 0.05) is 0 Å². The van der Waals surface area contributed by atoms with Gasteiger partial charge in [0.05, 0.1) is 36.9 Å². The largest absolute Gasteiger partial charge is 0.493 e. The average molecular weight is 626 g/mol. The van der Waals surface area contributed by atoms with Crippen molar-refractivity contribution in [2.24, 2.45) is 0 Å². The Morgan fingerprint density at radius 2 is 1.77 bits per heavy atom. The van der Waals surface area contributed by atoms with Crippen molar-refractivity contribution in [1.29, 1.82) is 0 Å². The van der Waals surface area contributed by atoms with E-state index in [1.54, 1.807) is 61.8 Å². The van der Waals surface area contributed by atoms with Crippen LogP contribution in [0.3, 0.4) is 0 Å². The minimum absolute atomic E-state index is 0.115. The molecule has 0 bridgehead atoms. The fourth-order valence-corrected chi connectivity index (χ4v) is 6.95. The number of halogens is 1. The van der Waals surface area contributed by atoms with E-state index in [-0.39, 0.29) is 25.4 Å². The number of rotatable bonds is 13. The highest BCUT2D eigenvalue weighted by molar-refractivity contribution is 7.54. The molecule has 0 aliphatic heterocycles. The summed E-state index contributed by atoms with van der Waals surface area (Å²) in [4.78, 5) is 18.2. The smallest absolute Gasteiger partial charge is 0.357 e. The Bertz CT molecular complexity index is 1790. The maximum Gasteiger partial charge on any atom is 0.357 e. The van der Waals surface area contributed by atoms with Crippen LogP contribution in [0.15, 0.2) is 77.0 Å². The molecule has 1 unspecified atom stereocenters. The Kier molecular flexibility index (Phi) is 9.46. The molecule has 0 saturated heterocycles. The fourth-order valence-electron chi connectivity index (χ4n) is 4.49. The first kappa shape index (κ1) is 30.3. The minimum atomic E-state index is -3.72. The summed E-state index contributed by atoms with van der Waals surface area (Å²) < 4.78 is 52.0. The summed E-state index contributed by atoms with van der Waals surface area (Å²) in [5, 5.41) is 11.8. The first-order chi connectivity index (χ1) is 20.9. The van der Waals surface area contributed by atoms with Gasteiger partial charge in [-0.15, -0.1) is 10.2 Å². The van der Waals surface area contributed by atoms with Crippen LogP contribution in [0.2, 0.25) is 0 Å². The van der Waals surface area contributed by atoms with Gasteiger partial charge in [0.25, 0.3) is 5.56 Å². The second-order valence-electron chi connectivity index (χ2n) is 9.03. The SMILES string of the molecule is CCOP(=O)(OCC)C(Nc1nncs1)c1ccc(OCc2nc3ccccc3c(=O)n2-c2ccc(F)cc2)c(OC)c1. The molecule has 5 aromatic rings. The lowest BCUT2D eigenvalue weighted by atomic mass is 10.2. The molecule has 3 aromatic carbocycles. The van der Waals surface area contributed by atoms with E-state index in [0.717, 1.165) is 0 Å². The van der Waals surface area contributed by atoms with Gasteiger partial charge in [0.2, 0.25) is 5.13 Å². The van der Waals surface area contributed by atoms with Gasteiger partial charge in [0.1, 0.15) is 17.9 Å². The Labute approximate surface area is 250 Å². The van der Waals surface area contributed by atoms with Crippen LogP contribution in [0, 0.1) is 5.82 Å². The van der Waals surface area contributed by atoms with E-state index >= 15 is 0 Å². The third-order valence-electron chi connectivity index (χ3n) is 6.34. The standard InChI is InChI=1S/C29H29FN5O6PS/c1-4-40-42(37,41-5-2)27(33-29-34-31-18-43-29)19-10-15-24(25(16-19)38-3)39-17-26-32-23-9-7-6-8-22(23)28(36)35(26)21-13-11-20(30)12-14-21/h6-16,18,27H,4-5,17H2,1-3H3,(H,33,34). The van der Waals surface area contributed by atoms with Crippen LogP contribution < -0.4 is 20.3 Å². The monoisotopic (exact) mass is 625 g/mol. The van der Waals surface area contributed by atoms with Gasteiger partial charge in [0.15, 0.2) is 23.1 Å². The minimum Gasteiger partial charge on any atom is -0.493 e. The molecule has 2 aromatic heterocycles. The van der Waals surface area contributed by atoms with Crippen LogP contribution in [-0.4, -0.2) is 40.1 Å². The Balaban J connectivity index is 1.51. The van der Waals surface area contributed by atoms with Crippen molar-refractivity contribution in [3.05, 3.63) is 99.8 Å². The number of methoxy groups -OCH3 is 1. The molecule has 1 atom stereocenters. The molecule has 224 valence electrons. The number of nitrogens with one attached hydrogen (secondary N) is 1. The van der Waals surface area contributed by atoms with Crippen molar-refractivity contribution in [2.75, 3.05) is 25.6 Å². The van der Waals surface area contributed by atoms with Gasteiger partial charge in [-0.1, -0.05) is 29.5 Å². The molecule has 5 rings (SSSR count). The molecule has 14 heteroatoms. The third-order valence-corrected chi connectivity index (χ3v) is 9.26. The highest BCUT2D eigenvalue weighted by Crippen LogP contribution is 2.61. The first-order valence-electron chi connectivity index (χ1n) is 13.4. The second-order valence-corrected chi connectivity index (χ2v) is 12.0. The lowest BCUT2D eigenvalue weighted by Crippen LogP contribution is -2.25. The van der Waals surface area contributed by atoms with Crippen molar-refractivity contribution in [1.82, 2.24) is 19.7 Å². The van der Waals surface area contributed by atoms with E-state index in [0.29, 0.717) is 44.6 Å². The maximum absolute atomic E-state index is 13.9. The maximum atomic E-state index is 13.9. The van der Waals surface area contributed by atoms with Crippen LogP contribution in [0.5, 0.6) is 11.5 Å². The first-order valence-corrected chi connectivity index (χ1v) is 15.8. The van der Waals surface area contributed by atoms with Crippen molar-refractivity contribution in [3.8, 4) is 17.2 Å². The quantitative estimate of drug-likeness (QED) is 0.148. The molecule has 0 spiro atoms. The topological polar surface area (TPSA) is 127 Å². The number of hydrogen-bond donors (Lipinski definition) is 1. The van der Waals surface area contributed by atoms with Crippen LogP contribution in [0.4, 0.5) is 9.52 Å². The second kappa shape index (κ2) is 13.4. The normalized spacial score (nSPS) is 12.3. The van der Waals surface area contributed by atoms with Crippen LogP contribution in [-0.2, 0) is 20.2 Å². The van der Waals surface area contributed by atoms with Crippen molar-refractivity contribution < 1.29 is 27.5 Å². The number of anilines is 1. The molecule has 0 radical (unpaired) electrons. The van der Waals surface area contributed by atoms with E-state index in [2.05, 4.69) is 20.5 Å². The predicted octanol–water partition coefficient (Wildman–Crippen LogP) is 6.34. The Morgan fingerprint density at radius 1 is 1.02 bits per heavy atom. The molecule has 0 aliphatic rings. The van der Waals surface area contributed by atoms with Gasteiger partial charge in [-0.25, -0.2) is 9.37 Å². The highest BCUT2D eigenvalue weighted by Gasteiger charge is 2.38. The van der Waals surface area contributed by atoms with E-state index in [4.69, 9.17) is 18.5 Å². The zero-order valence-corrected chi connectivity index (χ0v) is 25.3. The molecule has 11 nitrogen and oxygen atoms in total. The van der Waals surface area contributed by atoms with E-state index < -0.39 is 19.2 Å². The van der Waals surface area contributed by atoms with Crippen LogP contribution in [0.25, 0.3) is 16.6 Å². The molecule has 1 N–H and O–H groups in total. The van der Waals surface area contributed by atoms with Gasteiger partial charge < -0.3 is 23.8 Å². The van der Waals surface area contributed by atoms with Crippen molar-refractivity contribution >= 4 is 35.0 Å². The zero-order valence-electron chi connectivity index (χ0n) is 23.6. The lowest BCUT2D eigenvalue weighted by molar-refractivity contribution is 0.214. The summed E-state index contributed by atoms with van der Waals surface area (Å²) in [6.07, 6.45) is 0. The summed E-state index contributed by atoms with van der Waals surface area (Å²) >= 11 is 1.24. The van der Waals surface area contributed by atoms with Gasteiger partial charge >= 0.3 is 7.60 Å². The summed E-state index contributed by atoms with van der Waals surface area (Å²) in [6, 6.07) is 17.6. The summed E-state index contributed by atoms with van der Waals surface area (Å²) in [7, 11) is -2.24. The highest BCUT2D eigenvalue weighted by atomic mass is 32.1. The fraction of sp³-hybridized carbons (Fsp3) is 0.241. The molecule has 2 heterocycles. The number of para-hydroxylation sites is 1. The Morgan fingerprint density at radius 3 is 2.44 bits per heavy atom. The van der Waals surface area contributed by atoms with Crippen molar-refractivity contribution in [2.45, 2.75) is 26.2 Å². The summed E-state index contributed by atoms with van der Waals surface area (Å²) in [5.41, 5.74) is 2.72. The molecule has 0 saturated carbocycles. The van der Waals surface area contributed by atoms with Crippen LogP contribution >= 0.6 is 18.9 Å². The summed E-state index contributed by atoms with van der Waals surface area (Å²) in [6.45, 7) is 3.68. The molecular formula is C29H29FN5O6PS. The number of aromatic nitrogens is 4. The molecular weight excluding hydrogens is 596 g/mol. The average Bonchev–Trinajstić information content (AvgIpc) is 3.53. The molecule has 43 heavy (non-hydrogen) atoms. The lowest BCUT2D eigenvalue weighted by Gasteiger charge is -2.27.